The summed E-state index contributed by atoms with van der Waals surface area (Å²) >= 11 is 0. The van der Waals surface area contributed by atoms with Crippen LogP contribution in [0, 0.1) is 0 Å². The number of para-hydroxylation sites is 1. The molecule has 0 radical (unpaired) electrons. The van der Waals surface area contributed by atoms with E-state index in [1.165, 1.54) is 64.2 Å². The van der Waals surface area contributed by atoms with Crippen LogP contribution in [0.15, 0.2) is 24.3 Å². The highest BCUT2D eigenvalue weighted by Crippen LogP contribution is 2.28. The van der Waals surface area contributed by atoms with E-state index in [1.54, 1.807) is 0 Å². The third-order valence-electron chi connectivity index (χ3n) is 8.47. The molecule has 1 aromatic carbocycles. The third kappa shape index (κ3) is 12.8. The van der Waals surface area contributed by atoms with Crippen LogP contribution in [0.4, 0.5) is 5.82 Å². The van der Waals surface area contributed by atoms with E-state index in [0.29, 0.717) is 44.1 Å². The molecule has 9 heteroatoms. The number of hydrogen-bond acceptors (Lipinski definition) is 7. The molecule has 1 amide bonds. The topological polar surface area (TPSA) is 108 Å². The van der Waals surface area contributed by atoms with Crippen LogP contribution in [-0.2, 0) is 16.0 Å². The molecule has 0 aliphatic heterocycles. The lowest BCUT2D eigenvalue weighted by molar-refractivity contribution is -0.121. The molecule has 2 heterocycles. The minimum Gasteiger partial charge on any atom is -0.410 e. The molecule has 0 unspecified atom stereocenters. The maximum Gasteiger partial charge on any atom is 0.220 e. The number of nitrogens with two attached hydrogens (primary N) is 1. The number of anilines is 1. The summed E-state index contributed by atoms with van der Waals surface area (Å²) in [7, 11) is 0. The van der Waals surface area contributed by atoms with Gasteiger partial charge in [0.05, 0.1) is 18.7 Å². The van der Waals surface area contributed by atoms with Crippen LogP contribution in [0.5, 0.6) is 0 Å². The Hall–Kier alpha value is -2.91. The first-order valence-corrected chi connectivity index (χ1v) is 17.8. The van der Waals surface area contributed by atoms with Crippen molar-refractivity contribution >= 4 is 33.7 Å². The van der Waals surface area contributed by atoms with Gasteiger partial charge in [0.1, 0.15) is 23.5 Å². The van der Waals surface area contributed by atoms with Gasteiger partial charge in [0.25, 0.3) is 0 Å². The second-order valence-corrected chi connectivity index (χ2v) is 12.2. The molecule has 0 aliphatic carbocycles. The van der Waals surface area contributed by atoms with Gasteiger partial charge in [0.2, 0.25) is 5.91 Å². The summed E-state index contributed by atoms with van der Waals surface area (Å²) in [6, 6.07) is 7.91. The molecule has 2 aromatic heterocycles. The molecular weight excluding hydrogens is 564 g/mol. The van der Waals surface area contributed by atoms with Crippen molar-refractivity contribution < 1.29 is 14.4 Å². The summed E-state index contributed by atoms with van der Waals surface area (Å²) in [4.78, 5) is 30.3. The van der Waals surface area contributed by atoms with E-state index < -0.39 is 0 Å². The van der Waals surface area contributed by atoms with Crippen LogP contribution in [0.1, 0.15) is 116 Å². The number of unbranched alkanes of at least 4 members (excludes halogenated alkanes) is 10. The Morgan fingerprint density at radius 1 is 0.844 bits per heavy atom. The molecule has 0 atom stereocenters. The highest BCUT2D eigenvalue weighted by molar-refractivity contribution is 6.06. The summed E-state index contributed by atoms with van der Waals surface area (Å²) in [5.74, 6) is 1.34. The lowest BCUT2D eigenvalue weighted by Crippen LogP contribution is -2.30. The van der Waals surface area contributed by atoms with Gasteiger partial charge < -0.3 is 25.5 Å². The number of ether oxygens (including phenoxy) is 1. The molecule has 0 aliphatic rings. The summed E-state index contributed by atoms with van der Waals surface area (Å²) in [6.45, 7) is 11.5. The number of fused-ring (bicyclic) bond motifs is 3. The molecule has 0 bridgehead atoms. The predicted molar refractivity (Wildman–Crippen MR) is 187 cm³/mol. The molecule has 252 valence electrons. The van der Waals surface area contributed by atoms with Gasteiger partial charge in [0.15, 0.2) is 5.82 Å². The number of nitrogen functional groups attached to an aromatic ring is 1. The molecule has 45 heavy (non-hydrogen) atoms. The maximum absolute atomic E-state index is 12.3. The van der Waals surface area contributed by atoms with E-state index in [0.717, 1.165) is 67.6 Å². The number of benzene rings is 1. The first-order valence-electron chi connectivity index (χ1n) is 17.8. The zero-order chi connectivity index (χ0) is 32.1. The smallest absolute Gasteiger partial charge is 0.220 e. The highest BCUT2D eigenvalue weighted by atomic mass is 16.7. The number of hydrogen-bond donors (Lipinski definition) is 2. The highest BCUT2D eigenvalue weighted by Gasteiger charge is 2.18. The largest absolute Gasteiger partial charge is 0.410 e. The van der Waals surface area contributed by atoms with E-state index in [-0.39, 0.29) is 5.91 Å². The molecule has 0 fully saturated rings. The number of aryl methyl sites for hydroxylation is 1. The minimum absolute atomic E-state index is 0.0911. The number of carbonyl (C=O) groups is 1. The Balaban J connectivity index is 1.27. The van der Waals surface area contributed by atoms with Gasteiger partial charge in [-0.2, -0.15) is 4.73 Å². The van der Waals surface area contributed by atoms with Crippen LogP contribution < -0.4 is 15.9 Å². The predicted octanol–water partition coefficient (Wildman–Crippen LogP) is 7.09. The number of nitrogens with zero attached hydrogens (tertiary/aromatic N) is 4. The summed E-state index contributed by atoms with van der Waals surface area (Å²) in [5, 5.41) is 3.95. The van der Waals surface area contributed by atoms with Crippen molar-refractivity contribution in [3.8, 4) is 0 Å². The van der Waals surface area contributed by atoms with Crippen molar-refractivity contribution in [1.29, 1.82) is 0 Å². The van der Waals surface area contributed by atoms with Crippen LogP contribution in [-0.4, -0.2) is 71.5 Å². The van der Waals surface area contributed by atoms with E-state index in [9.17, 15) is 4.79 Å². The normalized spacial score (nSPS) is 11.6. The monoisotopic (exact) mass is 624 g/mol. The summed E-state index contributed by atoms with van der Waals surface area (Å²) in [6.07, 6.45) is 17.9. The molecule has 0 spiro atoms. The zero-order valence-corrected chi connectivity index (χ0v) is 28.5. The lowest BCUT2D eigenvalue weighted by atomic mass is 10.1. The SMILES string of the molecule is CCCCCCCCCCCCN(CC)CCCC(=O)NCCOCCOn1c(CCCC)nc2c(N)nc3ccccc3c21. The molecule has 3 aromatic rings. The number of imidazole rings is 1. The van der Waals surface area contributed by atoms with Crippen LogP contribution in [0.25, 0.3) is 21.9 Å². The average Bonchev–Trinajstić information content (AvgIpc) is 3.42. The number of amides is 1. The molecule has 0 saturated carbocycles. The van der Waals surface area contributed by atoms with Crippen molar-refractivity contribution in [2.75, 3.05) is 51.7 Å². The summed E-state index contributed by atoms with van der Waals surface area (Å²) < 4.78 is 7.58. The lowest BCUT2D eigenvalue weighted by Gasteiger charge is -2.20. The Morgan fingerprint density at radius 2 is 1.53 bits per heavy atom. The Kier molecular flexibility index (Phi) is 17.7. The molecule has 3 rings (SSSR count). The van der Waals surface area contributed by atoms with Gasteiger partial charge in [-0.3, -0.25) is 4.79 Å². The van der Waals surface area contributed by atoms with Gasteiger partial charge in [-0.15, -0.1) is 0 Å². The fraction of sp³-hybridized carbons (Fsp3) is 0.694. The van der Waals surface area contributed by atoms with Gasteiger partial charge in [-0.1, -0.05) is 103 Å². The number of rotatable bonds is 26. The number of nitrogens with one attached hydrogen (secondary N) is 1. The van der Waals surface area contributed by atoms with Crippen molar-refractivity contribution in [2.45, 2.75) is 117 Å². The van der Waals surface area contributed by atoms with Crippen molar-refractivity contribution in [3.63, 3.8) is 0 Å². The minimum atomic E-state index is 0.0911. The standard InChI is InChI=1S/C36H60N6O3/c1-4-7-9-10-11-12-13-14-15-18-25-41(6-3)26-19-23-33(43)38-24-27-44-28-29-45-42-32(22-8-5-2)40-34-35(42)30-20-16-17-21-31(30)39-36(34)37/h16-17,20-21H,4-15,18-19,22-29H2,1-3H3,(H2,37,39)(H,38,43). The van der Waals surface area contributed by atoms with E-state index in [4.69, 9.17) is 20.3 Å². The van der Waals surface area contributed by atoms with Gasteiger partial charge >= 0.3 is 0 Å². The Labute approximate surface area is 271 Å². The third-order valence-corrected chi connectivity index (χ3v) is 8.47. The first kappa shape index (κ1) is 36.6. The second kappa shape index (κ2) is 21.8. The fourth-order valence-electron chi connectivity index (χ4n) is 5.81. The van der Waals surface area contributed by atoms with Crippen molar-refractivity contribution in [3.05, 3.63) is 30.1 Å². The van der Waals surface area contributed by atoms with Crippen LogP contribution in [0.3, 0.4) is 0 Å². The van der Waals surface area contributed by atoms with Crippen molar-refractivity contribution in [1.82, 2.24) is 24.9 Å². The van der Waals surface area contributed by atoms with Gasteiger partial charge in [-0.05, 0) is 45.0 Å². The van der Waals surface area contributed by atoms with Crippen LogP contribution >= 0.6 is 0 Å². The Morgan fingerprint density at radius 3 is 2.27 bits per heavy atom. The first-order chi connectivity index (χ1) is 22.1. The zero-order valence-electron chi connectivity index (χ0n) is 28.5. The van der Waals surface area contributed by atoms with E-state index in [1.807, 2.05) is 29.0 Å². The molecule has 9 nitrogen and oxygen atoms in total. The number of carbonyl (C=O) groups excluding carboxylic acids is 1. The maximum atomic E-state index is 12.3. The fourth-order valence-corrected chi connectivity index (χ4v) is 5.81. The van der Waals surface area contributed by atoms with Gasteiger partial charge in [-0.25, -0.2) is 9.97 Å². The van der Waals surface area contributed by atoms with Gasteiger partial charge in [0, 0.05) is 24.8 Å². The quantitative estimate of drug-likeness (QED) is 0.0918. The average molecular weight is 625 g/mol. The Bertz CT molecular complexity index is 1250. The molecular formula is C36H60N6O3. The second-order valence-electron chi connectivity index (χ2n) is 12.2. The number of pyridine rings is 1. The molecule has 0 saturated heterocycles. The van der Waals surface area contributed by atoms with Crippen LogP contribution in [0.2, 0.25) is 0 Å². The summed E-state index contributed by atoms with van der Waals surface area (Å²) in [5.41, 5.74) is 8.60. The molecule has 3 N–H and O–H groups in total. The van der Waals surface area contributed by atoms with E-state index in [2.05, 4.69) is 36.0 Å². The van der Waals surface area contributed by atoms with E-state index >= 15 is 0 Å². The van der Waals surface area contributed by atoms with Crippen molar-refractivity contribution in [2.24, 2.45) is 0 Å². The number of aromatic nitrogens is 3.